The number of ether oxygens (including phenoxy) is 1. The van der Waals surface area contributed by atoms with Gasteiger partial charge < -0.3 is 10.5 Å². The largest absolute Gasteiger partial charge is 0.439 e. The standard InChI is InChI=1S/C15H14N4O/c1-9-13(17)18-14(11-5-6-11)19-15(9)20-12-4-2-3-10(7-12)8-16/h2-4,7,11H,5-6H2,1H3,(H2,17,18,19). The highest BCUT2D eigenvalue weighted by molar-refractivity contribution is 5.47. The number of nitriles is 1. The highest BCUT2D eigenvalue weighted by atomic mass is 16.5. The maximum Gasteiger partial charge on any atom is 0.227 e. The van der Waals surface area contributed by atoms with E-state index in [1.54, 1.807) is 24.3 Å². The zero-order chi connectivity index (χ0) is 14.1. The molecule has 0 unspecified atom stereocenters. The highest BCUT2D eigenvalue weighted by Gasteiger charge is 2.28. The molecule has 1 aliphatic carbocycles. The Labute approximate surface area is 117 Å². The first-order chi connectivity index (χ1) is 9.67. The van der Waals surface area contributed by atoms with Crippen molar-refractivity contribution >= 4 is 5.82 Å². The van der Waals surface area contributed by atoms with Crippen molar-refractivity contribution < 1.29 is 4.74 Å². The molecule has 0 bridgehead atoms. The first-order valence-corrected chi connectivity index (χ1v) is 6.49. The second kappa shape index (κ2) is 4.82. The second-order valence-corrected chi connectivity index (χ2v) is 4.91. The van der Waals surface area contributed by atoms with Gasteiger partial charge in [0.2, 0.25) is 5.88 Å². The third-order valence-corrected chi connectivity index (χ3v) is 3.28. The van der Waals surface area contributed by atoms with E-state index in [1.165, 1.54) is 0 Å². The fourth-order valence-corrected chi connectivity index (χ4v) is 1.89. The molecule has 1 heterocycles. The molecule has 2 N–H and O–H groups in total. The fourth-order valence-electron chi connectivity index (χ4n) is 1.89. The third-order valence-electron chi connectivity index (χ3n) is 3.28. The van der Waals surface area contributed by atoms with Crippen molar-refractivity contribution in [2.45, 2.75) is 25.7 Å². The van der Waals surface area contributed by atoms with Crippen molar-refractivity contribution in [3.05, 3.63) is 41.2 Å². The normalized spacial score (nSPS) is 13.8. The summed E-state index contributed by atoms with van der Waals surface area (Å²) in [5, 5.41) is 8.90. The number of nitrogens with two attached hydrogens (primary N) is 1. The maximum absolute atomic E-state index is 8.90. The maximum atomic E-state index is 8.90. The SMILES string of the molecule is Cc1c(N)nc(C2CC2)nc1Oc1cccc(C#N)c1. The van der Waals surface area contributed by atoms with Crippen LogP contribution in [0.2, 0.25) is 0 Å². The van der Waals surface area contributed by atoms with E-state index in [1.807, 2.05) is 6.92 Å². The van der Waals surface area contributed by atoms with E-state index < -0.39 is 0 Å². The molecule has 1 saturated carbocycles. The molecule has 3 rings (SSSR count). The van der Waals surface area contributed by atoms with Gasteiger partial charge >= 0.3 is 0 Å². The van der Waals surface area contributed by atoms with Gasteiger partial charge in [-0.25, -0.2) is 4.98 Å². The van der Waals surface area contributed by atoms with Crippen LogP contribution in [0.5, 0.6) is 11.6 Å². The summed E-state index contributed by atoms with van der Waals surface area (Å²) in [6.07, 6.45) is 2.21. The van der Waals surface area contributed by atoms with E-state index in [2.05, 4.69) is 16.0 Å². The summed E-state index contributed by atoms with van der Waals surface area (Å²) in [6.45, 7) is 1.83. The van der Waals surface area contributed by atoms with E-state index in [9.17, 15) is 0 Å². The minimum Gasteiger partial charge on any atom is -0.439 e. The number of aromatic nitrogens is 2. The lowest BCUT2D eigenvalue weighted by molar-refractivity contribution is 0.455. The average molecular weight is 266 g/mol. The Balaban J connectivity index is 1.95. The Morgan fingerprint density at radius 1 is 1.35 bits per heavy atom. The molecule has 5 heteroatoms. The molecule has 0 spiro atoms. The fraction of sp³-hybridized carbons (Fsp3) is 0.267. The van der Waals surface area contributed by atoms with Crippen molar-refractivity contribution in [1.29, 1.82) is 5.26 Å². The summed E-state index contributed by atoms with van der Waals surface area (Å²) in [4.78, 5) is 8.75. The minimum absolute atomic E-state index is 0.408. The van der Waals surface area contributed by atoms with E-state index in [4.69, 9.17) is 15.7 Å². The molecule has 5 nitrogen and oxygen atoms in total. The van der Waals surface area contributed by atoms with Crippen LogP contribution in [0.3, 0.4) is 0 Å². The van der Waals surface area contributed by atoms with Gasteiger partial charge in [-0.3, -0.25) is 0 Å². The van der Waals surface area contributed by atoms with Crippen molar-refractivity contribution in [2.75, 3.05) is 5.73 Å². The summed E-state index contributed by atoms with van der Waals surface area (Å²) in [7, 11) is 0. The number of nitrogen functional groups attached to an aromatic ring is 1. The molecule has 100 valence electrons. The number of hydrogen-bond donors (Lipinski definition) is 1. The number of benzene rings is 1. The number of hydrogen-bond acceptors (Lipinski definition) is 5. The van der Waals surface area contributed by atoms with Crippen LogP contribution in [-0.4, -0.2) is 9.97 Å². The van der Waals surface area contributed by atoms with Crippen molar-refractivity contribution in [1.82, 2.24) is 9.97 Å². The lowest BCUT2D eigenvalue weighted by Crippen LogP contribution is -2.04. The van der Waals surface area contributed by atoms with Crippen LogP contribution < -0.4 is 10.5 Å². The van der Waals surface area contributed by atoms with Crippen LogP contribution in [0.15, 0.2) is 24.3 Å². The monoisotopic (exact) mass is 266 g/mol. The lowest BCUT2D eigenvalue weighted by Gasteiger charge is -2.11. The van der Waals surface area contributed by atoms with Gasteiger partial charge in [0.15, 0.2) is 0 Å². The molecular weight excluding hydrogens is 252 g/mol. The molecule has 2 aromatic rings. The Hall–Kier alpha value is -2.61. The molecule has 0 saturated heterocycles. The van der Waals surface area contributed by atoms with Crippen LogP contribution in [0.1, 0.15) is 35.7 Å². The zero-order valence-electron chi connectivity index (χ0n) is 11.1. The molecule has 1 fully saturated rings. The van der Waals surface area contributed by atoms with Gasteiger partial charge in [-0.15, -0.1) is 0 Å². The second-order valence-electron chi connectivity index (χ2n) is 4.91. The Morgan fingerprint density at radius 2 is 2.15 bits per heavy atom. The van der Waals surface area contributed by atoms with Crippen molar-refractivity contribution in [3.8, 4) is 17.7 Å². The Bertz CT molecular complexity index is 702. The van der Waals surface area contributed by atoms with Crippen LogP contribution in [-0.2, 0) is 0 Å². The predicted octanol–water partition coefficient (Wildman–Crippen LogP) is 2.91. The summed E-state index contributed by atoms with van der Waals surface area (Å²) in [5.74, 6) is 2.65. The Morgan fingerprint density at radius 3 is 2.85 bits per heavy atom. The summed E-state index contributed by atoms with van der Waals surface area (Å²) in [6, 6.07) is 9.04. The summed E-state index contributed by atoms with van der Waals surface area (Å²) < 4.78 is 5.77. The molecule has 1 aromatic carbocycles. The minimum atomic E-state index is 0.408. The molecule has 0 aliphatic heterocycles. The smallest absolute Gasteiger partial charge is 0.227 e. The van der Waals surface area contributed by atoms with Gasteiger partial charge in [0.05, 0.1) is 17.2 Å². The molecule has 1 aliphatic rings. The van der Waals surface area contributed by atoms with Gasteiger partial charge in [-0.1, -0.05) is 6.07 Å². The molecule has 0 atom stereocenters. The van der Waals surface area contributed by atoms with E-state index in [0.717, 1.165) is 24.2 Å². The van der Waals surface area contributed by atoms with Gasteiger partial charge in [0, 0.05) is 5.92 Å². The van der Waals surface area contributed by atoms with E-state index in [0.29, 0.717) is 28.9 Å². The quantitative estimate of drug-likeness (QED) is 0.923. The lowest BCUT2D eigenvalue weighted by atomic mass is 10.2. The van der Waals surface area contributed by atoms with Gasteiger partial charge in [-0.05, 0) is 38.0 Å². The molecule has 20 heavy (non-hydrogen) atoms. The Kier molecular flexibility index (Phi) is 2.99. The molecule has 0 radical (unpaired) electrons. The first kappa shape index (κ1) is 12.4. The van der Waals surface area contributed by atoms with Crippen LogP contribution in [0.4, 0.5) is 5.82 Å². The summed E-state index contributed by atoms with van der Waals surface area (Å²) in [5.41, 5.74) is 7.18. The predicted molar refractivity (Wildman–Crippen MR) is 74.4 cm³/mol. The van der Waals surface area contributed by atoms with Gasteiger partial charge in [0.25, 0.3) is 0 Å². The number of nitrogens with zero attached hydrogens (tertiary/aromatic N) is 3. The summed E-state index contributed by atoms with van der Waals surface area (Å²) >= 11 is 0. The van der Waals surface area contributed by atoms with E-state index in [-0.39, 0.29) is 0 Å². The number of anilines is 1. The molecule has 0 amide bonds. The van der Waals surface area contributed by atoms with Crippen LogP contribution in [0, 0.1) is 18.3 Å². The number of rotatable bonds is 3. The van der Waals surface area contributed by atoms with Crippen LogP contribution >= 0.6 is 0 Å². The molecule has 1 aromatic heterocycles. The van der Waals surface area contributed by atoms with E-state index >= 15 is 0 Å². The third kappa shape index (κ3) is 2.41. The van der Waals surface area contributed by atoms with Gasteiger partial charge in [-0.2, -0.15) is 10.2 Å². The zero-order valence-corrected chi connectivity index (χ0v) is 11.1. The topological polar surface area (TPSA) is 84.8 Å². The van der Waals surface area contributed by atoms with Gasteiger partial charge in [0.1, 0.15) is 17.4 Å². The van der Waals surface area contributed by atoms with Crippen LogP contribution in [0.25, 0.3) is 0 Å². The molecular formula is C15H14N4O. The average Bonchev–Trinajstić information content (AvgIpc) is 3.28. The van der Waals surface area contributed by atoms with Crippen molar-refractivity contribution in [3.63, 3.8) is 0 Å². The highest BCUT2D eigenvalue weighted by Crippen LogP contribution is 2.40. The first-order valence-electron chi connectivity index (χ1n) is 6.49. The van der Waals surface area contributed by atoms with Crippen molar-refractivity contribution in [2.24, 2.45) is 0 Å².